The van der Waals surface area contributed by atoms with Gasteiger partial charge in [-0.2, -0.15) is 5.10 Å². The van der Waals surface area contributed by atoms with Crippen molar-refractivity contribution >= 4 is 27.7 Å². The number of hydrogen-bond acceptors (Lipinski definition) is 4. The third-order valence-electron chi connectivity index (χ3n) is 2.49. The zero-order valence-corrected chi connectivity index (χ0v) is 12.0. The van der Waals surface area contributed by atoms with Crippen LogP contribution in [0.1, 0.15) is 18.5 Å². The molecule has 90 valence electrons. The molecular formula is C11H13BrN4S. The first kappa shape index (κ1) is 12.6. The van der Waals surface area contributed by atoms with Crippen molar-refractivity contribution in [3.63, 3.8) is 0 Å². The maximum Gasteiger partial charge on any atom is 0.188 e. The van der Waals surface area contributed by atoms with Crippen molar-refractivity contribution in [3.8, 4) is 0 Å². The van der Waals surface area contributed by atoms with E-state index in [0.29, 0.717) is 6.04 Å². The van der Waals surface area contributed by atoms with Crippen LogP contribution in [-0.4, -0.2) is 22.2 Å². The number of nitrogens with zero attached hydrogens (tertiary/aromatic N) is 2. The van der Waals surface area contributed by atoms with Crippen LogP contribution in [0.15, 0.2) is 39.1 Å². The van der Waals surface area contributed by atoms with E-state index in [-0.39, 0.29) is 0 Å². The van der Waals surface area contributed by atoms with Crippen LogP contribution >= 0.6 is 27.7 Å². The summed E-state index contributed by atoms with van der Waals surface area (Å²) < 4.78 is 1.07. The molecule has 2 N–H and O–H groups in total. The normalized spacial score (nSPS) is 12.6. The molecular weight excluding hydrogens is 300 g/mol. The Bertz CT molecular complexity index is 486. The number of benzene rings is 1. The van der Waals surface area contributed by atoms with Gasteiger partial charge in [0.2, 0.25) is 0 Å². The Balaban J connectivity index is 2.20. The molecule has 17 heavy (non-hydrogen) atoms. The van der Waals surface area contributed by atoms with Gasteiger partial charge in [-0.05, 0) is 59.4 Å². The molecule has 1 aromatic heterocycles. The standard InChI is InChI=1S/C11H13BrN4S/c1-7(13-2)8-3-4-10(9(12)5-8)17-11-14-6-15-16-11/h3-7,13H,1-2H3,(H,14,15,16). The van der Waals surface area contributed by atoms with Crippen LogP contribution in [-0.2, 0) is 0 Å². The average Bonchev–Trinajstić information content (AvgIpc) is 2.83. The molecule has 1 aromatic carbocycles. The average molecular weight is 313 g/mol. The van der Waals surface area contributed by atoms with Crippen LogP contribution in [0, 0.1) is 0 Å². The number of nitrogens with one attached hydrogen (secondary N) is 2. The maximum absolute atomic E-state index is 4.09. The molecule has 0 fully saturated rings. The van der Waals surface area contributed by atoms with Crippen LogP contribution in [0.3, 0.4) is 0 Å². The van der Waals surface area contributed by atoms with Crippen molar-refractivity contribution in [3.05, 3.63) is 34.6 Å². The third kappa shape index (κ3) is 3.08. The lowest BCUT2D eigenvalue weighted by atomic mass is 10.1. The highest BCUT2D eigenvalue weighted by Crippen LogP contribution is 2.32. The van der Waals surface area contributed by atoms with E-state index in [1.165, 1.54) is 11.9 Å². The van der Waals surface area contributed by atoms with Gasteiger partial charge in [0.1, 0.15) is 6.33 Å². The van der Waals surface area contributed by atoms with Gasteiger partial charge in [-0.3, -0.25) is 5.10 Å². The van der Waals surface area contributed by atoms with E-state index in [1.54, 1.807) is 11.8 Å². The van der Waals surface area contributed by atoms with Crippen molar-refractivity contribution < 1.29 is 0 Å². The van der Waals surface area contributed by atoms with Crippen molar-refractivity contribution in [2.45, 2.75) is 23.0 Å². The van der Waals surface area contributed by atoms with Crippen molar-refractivity contribution in [2.24, 2.45) is 0 Å². The topological polar surface area (TPSA) is 53.6 Å². The summed E-state index contributed by atoms with van der Waals surface area (Å²) in [7, 11) is 1.95. The van der Waals surface area contributed by atoms with E-state index >= 15 is 0 Å². The highest BCUT2D eigenvalue weighted by molar-refractivity contribution is 9.10. The van der Waals surface area contributed by atoms with Crippen LogP contribution in [0.5, 0.6) is 0 Å². The summed E-state index contributed by atoms with van der Waals surface area (Å²) >= 11 is 5.13. The Morgan fingerprint density at radius 3 is 2.88 bits per heavy atom. The molecule has 4 nitrogen and oxygen atoms in total. The zero-order valence-electron chi connectivity index (χ0n) is 9.57. The Labute approximate surface area is 113 Å². The fraction of sp³-hybridized carbons (Fsp3) is 0.273. The van der Waals surface area contributed by atoms with Crippen molar-refractivity contribution in [1.82, 2.24) is 20.5 Å². The quantitative estimate of drug-likeness (QED) is 0.911. The first-order valence-corrected chi connectivity index (χ1v) is 6.81. The molecule has 2 rings (SSSR count). The summed E-state index contributed by atoms with van der Waals surface area (Å²) in [6.07, 6.45) is 1.51. The lowest BCUT2D eigenvalue weighted by Gasteiger charge is -2.12. The fourth-order valence-corrected chi connectivity index (χ4v) is 2.72. The first-order chi connectivity index (χ1) is 8.20. The van der Waals surface area contributed by atoms with Crippen LogP contribution < -0.4 is 5.32 Å². The summed E-state index contributed by atoms with van der Waals surface area (Å²) in [6, 6.07) is 6.67. The summed E-state index contributed by atoms with van der Waals surface area (Å²) in [5, 5.41) is 10.7. The highest BCUT2D eigenvalue weighted by Gasteiger charge is 2.08. The minimum absolute atomic E-state index is 0.343. The molecule has 1 heterocycles. The number of aromatic amines is 1. The van der Waals surface area contributed by atoms with Crippen molar-refractivity contribution in [1.29, 1.82) is 0 Å². The molecule has 0 bridgehead atoms. The van der Waals surface area contributed by atoms with Gasteiger partial charge in [0.05, 0.1) is 0 Å². The number of H-pyrrole nitrogens is 1. The molecule has 0 aliphatic rings. The van der Waals surface area contributed by atoms with Gasteiger partial charge in [-0.1, -0.05) is 6.07 Å². The van der Waals surface area contributed by atoms with Gasteiger partial charge in [0.15, 0.2) is 5.16 Å². The van der Waals surface area contributed by atoms with Crippen LogP contribution in [0.25, 0.3) is 0 Å². The monoisotopic (exact) mass is 312 g/mol. The van der Waals surface area contributed by atoms with Crippen LogP contribution in [0.2, 0.25) is 0 Å². The predicted octanol–water partition coefficient (Wildman–Crippen LogP) is 3.00. The summed E-state index contributed by atoms with van der Waals surface area (Å²) in [5.74, 6) is 0. The Morgan fingerprint density at radius 2 is 2.29 bits per heavy atom. The van der Waals surface area contributed by atoms with E-state index < -0.39 is 0 Å². The number of halogens is 1. The zero-order chi connectivity index (χ0) is 12.3. The molecule has 0 spiro atoms. The summed E-state index contributed by atoms with van der Waals surface area (Å²) in [5.41, 5.74) is 1.25. The smallest absolute Gasteiger partial charge is 0.188 e. The van der Waals surface area contributed by atoms with Gasteiger partial charge < -0.3 is 5.32 Å². The Morgan fingerprint density at radius 1 is 1.47 bits per heavy atom. The van der Waals surface area contributed by atoms with Crippen LogP contribution in [0.4, 0.5) is 0 Å². The molecule has 2 aromatic rings. The van der Waals surface area contributed by atoms with E-state index in [2.05, 4.69) is 61.6 Å². The molecule has 0 saturated carbocycles. The van der Waals surface area contributed by atoms with Gasteiger partial charge in [-0.25, -0.2) is 4.98 Å². The summed E-state index contributed by atoms with van der Waals surface area (Å²) in [6.45, 7) is 2.13. The lowest BCUT2D eigenvalue weighted by molar-refractivity contribution is 0.651. The second-order valence-corrected chi connectivity index (χ2v) is 5.48. The number of rotatable bonds is 4. The molecule has 0 aliphatic carbocycles. The Hall–Kier alpha value is -0.850. The summed E-state index contributed by atoms with van der Waals surface area (Å²) in [4.78, 5) is 5.21. The first-order valence-electron chi connectivity index (χ1n) is 5.20. The molecule has 0 amide bonds. The minimum atomic E-state index is 0.343. The van der Waals surface area contributed by atoms with Gasteiger partial charge >= 0.3 is 0 Å². The highest BCUT2D eigenvalue weighted by atomic mass is 79.9. The number of hydrogen-bond donors (Lipinski definition) is 2. The van der Waals surface area contributed by atoms with E-state index in [1.807, 2.05) is 7.05 Å². The lowest BCUT2D eigenvalue weighted by Crippen LogP contribution is -2.12. The molecule has 0 radical (unpaired) electrons. The van der Waals surface area contributed by atoms with Gasteiger partial charge in [0.25, 0.3) is 0 Å². The SMILES string of the molecule is CNC(C)c1ccc(Sc2ncn[nH]2)c(Br)c1. The minimum Gasteiger partial charge on any atom is -0.313 e. The van der Waals surface area contributed by atoms with Crippen molar-refractivity contribution in [2.75, 3.05) is 7.05 Å². The maximum atomic E-state index is 4.09. The molecule has 6 heteroatoms. The van der Waals surface area contributed by atoms with E-state index in [0.717, 1.165) is 14.5 Å². The Kier molecular flexibility index (Phi) is 4.20. The molecule has 0 aliphatic heterocycles. The van der Waals surface area contributed by atoms with Gasteiger partial charge in [0, 0.05) is 15.4 Å². The molecule has 1 atom stereocenters. The number of aromatic nitrogens is 3. The molecule has 1 unspecified atom stereocenters. The third-order valence-corrected chi connectivity index (χ3v) is 4.37. The van der Waals surface area contributed by atoms with E-state index in [4.69, 9.17) is 0 Å². The second-order valence-electron chi connectivity index (χ2n) is 3.59. The largest absolute Gasteiger partial charge is 0.313 e. The second kappa shape index (κ2) is 5.66. The van der Waals surface area contributed by atoms with E-state index in [9.17, 15) is 0 Å². The van der Waals surface area contributed by atoms with Gasteiger partial charge in [-0.15, -0.1) is 0 Å². The molecule has 0 saturated heterocycles. The fourth-order valence-electron chi connectivity index (χ4n) is 1.38. The predicted molar refractivity (Wildman–Crippen MR) is 72.1 cm³/mol.